The van der Waals surface area contributed by atoms with E-state index in [1.54, 1.807) is 0 Å². The summed E-state index contributed by atoms with van der Waals surface area (Å²) in [5.41, 5.74) is 13.2. The van der Waals surface area contributed by atoms with Gasteiger partial charge in [-0.2, -0.15) is 0 Å². The van der Waals surface area contributed by atoms with Crippen LogP contribution in [0.15, 0.2) is 215 Å². The molecule has 0 atom stereocenters. The van der Waals surface area contributed by atoms with Gasteiger partial charge in [0, 0.05) is 21.5 Å². The van der Waals surface area contributed by atoms with Gasteiger partial charge in [-0.05, 0) is 118 Å². The second-order valence-electron chi connectivity index (χ2n) is 15.8. The lowest BCUT2D eigenvalue weighted by Crippen LogP contribution is -1.92. The number of hydrogen-bond donors (Lipinski definition) is 0. The van der Waals surface area contributed by atoms with Gasteiger partial charge in [-0.3, -0.25) is 0 Å². The molecular weight excluding hydrogens is 729 g/mol. The van der Waals surface area contributed by atoms with E-state index < -0.39 is 0 Å². The van der Waals surface area contributed by atoms with Gasteiger partial charge in [-0.1, -0.05) is 176 Å². The predicted octanol–water partition coefficient (Wildman–Crippen LogP) is 16.8. The molecule has 0 N–H and O–H groups in total. The highest BCUT2D eigenvalue weighted by Gasteiger charge is 2.24. The van der Waals surface area contributed by atoms with Crippen molar-refractivity contribution in [1.29, 1.82) is 0 Å². The molecule has 2 aromatic heterocycles. The summed E-state index contributed by atoms with van der Waals surface area (Å²) < 4.78 is 13.1. The van der Waals surface area contributed by atoms with Crippen molar-refractivity contribution in [2.75, 3.05) is 0 Å². The molecule has 278 valence electrons. The van der Waals surface area contributed by atoms with Crippen LogP contribution in [0.5, 0.6) is 0 Å². The van der Waals surface area contributed by atoms with Gasteiger partial charge in [-0.15, -0.1) is 0 Å². The van der Waals surface area contributed by atoms with E-state index in [1.807, 2.05) is 12.1 Å². The first-order valence-electron chi connectivity index (χ1n) is 20.6. The maximum absolute atomic E-state index is 6.87. The Hall–Kier alpha value is -7.94. The van der Waals surface area contributed by atoms with Crippen LogP contribution in [-0.4, -0.2) is 0 Å². The van der Waals surface area contributed by atoms with Crippen LogP contribution >= 0.6 is 0 Å². The Kier molecular flexibility index (Phi) is 7.05. The lowest BCUT2D eigenvalue weighted by molar-refractivity contribution is 0.668. The van der Waals surface area contributed by atoms with Crippen molar-refractivity contribution in [1.82, 2.24) is 0 Å². The van der Waals surface area contributed by atoms with Gasteiger partial charge < -0.3 is 8.83 Å². The van der Waals surface area contributed by atoms with Crippen LogP contribution in [0.1, 0.15) is 0 Å². The SMILES string of the molecule is c1ccc(-c2c3ccccc3c(-c3cccc4oc5cccc(-c6c7ccccc7c(-c7ccc8oc9ccccc9c8c7)c7ccccc67)c5c34)c3ccccc23)cc1. The molecule has 2 heteroatoms. The largest absolute Gasteiger partial charge is 0.456 e. The van der Waals surface area contributed by atoms with Crippen LogP contribution in [0.2, 0.25) is 0 Å². The zero-order chi connectivity index (χ0) is 39.3. The zero-order valence-electron chi connectivity index (χ0n) is 32.4. The summed E-state index contributed by atoms with van der Waals surface area (Å²) in [6.07, 6.45) is 0. The van der Waals surface area contributed by atoms with Gasteiger partial charge in [0.15, 0.2) is 0 Å². The Morgan fingerprint density at radius 3 is 1.08 bits per heavy atom. The molecule has 60 heavy (non-hydrogen) atoms. The van der Waals surface area contributed by atoms with E-state index in [0.717, 1.165) is 55.0 Å². The minimum absolute atomic E-state index is 0.874. The number of benzene rings is 11. The third-order valence-electron chi connectivity index (χ3n) is 12.7. The Bertz CT molecular complexity index is 3770. The van der Waals surface area contributed by atoms with Crippen LogP contribution in [0.3, 0.4) is 0 Å². The minimum atomic E-state index is 0.874. The van der Waals surface area contributed by atoms with Crippen LogP contribution in [0.4, 0.5) is 0 Å². The van der Waals surface area contributed by atoms with E-state index in [2.05, 4.69) is 194 Å². The van der Waals surface area contributed by atoms with Gasteiger partial charge in [0.2, 0.25) is 0 Å². The zero-order valence-corrected chi connectivity index (χ0v) is 32.4. The normalized spacial score (nSPS) is 12.0. The highest BCUT2D eigenvalue weighted by atomic mass is 16.3. The van der Waals surface area contributed by atoms with Gasteiger partial charge in [0.25, 0.3) is 0 Å². The molecule has 0 aliphatic rings. The van der Waals surface area contributed by atoms with Gasteiger partial charge >= 0.3 is 0 Å². The van der Waals surface area contributed by atoms with Gasteiger partial charge in [0.1, 0.15) is 22.3 Å². The fraction of sp³-hybridized carbons (Fsp3) is 0. The third-order valence-corrected chi connectivity index (χ3v) is 12.7. The molecule has 13 rings (SSSR count). The molecule has 2 heterocycles. The summed E-state index contributed by atoms with van der Waals surface area (Å²) in [7, 11) is 0. The standard InChI is InChI=1S/C58H34O2/c1-2-16-35(17-3-1)53-38-19-4-8-23-42(38)55(43-24-9-5-20-39(43)53)46-27-14-30-51-57(46)58-47(28-15-31-52(58)60-51)56-44-25-10-6-21-40(44)54(41-22-7-11-26-45(41)56)36-32-33-50-48(34-36)37-18-12-13-29-49(37)59-50/h1-34H. The third kappa shape index (κ3) is 4.70. The summed E-state index contributed by atoms with van der Waals surface area (Å²) >= 11 is 0. The fourth-order valence-electron chi connectivity index (χ4n) is 10.2. The van der Waals surface area contributed by atoms with Gasteiger partial charge in [-0.25, -0.2) is 0 Å². The number of fused-ring (bicyclic) bond motifs is 10. The Morgan fingerprint density at radius 1 is 0.217 bits per heavy atom. The number of hydrogen-bond acceptors (Lipinski definition) is 2. The van der Waals surface area contributed by atoms with Crippen molar-refractivity contribution in [3.8, 4) is 44.5 Å². The summed E-state index contributed by atoms with van der Waals surface area (Å²) in [5, 5.41) is 14.2. The van der Waals surface area contributed by atoms with E-state index in [1.165, 1.54) is 76.5 Å². The van der Waals surface area contributed by atoms with Crippen LogP contribution in [-0.2, 0) is 0 Å². The van der Waals surface area contributed by atoms with Crippen molar-refractivity contribution < 1.29 is 8.83 Å². The summed E-state index contributed by atoms with van der Waals surface area (Å²) in [6.45, 7) is 0. The second kappa shape index (κ2) is 12.8. The molecule has 0 fully saturated rings. The molecule has 0 saturated carbocycles. The Labute approximate surface area is 345 Å². The maximum Gasteiger partial charge on any atom is 0.136 e. The van der Waals surface area contributed by atoms with E-state index in [-0.39, 0.29) is 0 Å². The lowest BCUT2D eigenvalue weighted by Gasteiger charge is -2.19. The van der Waals surface area contributed by atoms with Crippen molar-refractivity contribution in [3.05, 3.63) is 206 Å². The summed E-state index contributed by atoms with van der Waals surface area (Å²) in [4.78, 5) is 0. The molecule has 0 unspecified atom stereocenters. The Balaban J connectivity index is 1.13. The van der Waals surface area contributed by atoms with Crippen molar-refractivity contribution in [2.24, 2.45) is 0 Å². The molecule has 0 saturated heterocycles. The van der Waals surface area contributed by atoms with Crippen molar-refractivity contribution in [3.63, 3.8) is 0 Å². The first kappa shape index (κ1) is 33.1. The highest BCUT2D eigenvalue weighted by Crippen LogP contribution is 2.51. The Morgan fingerprint density at radius 2 is 0.583 bits per heavy atom. The average Bonchev–Trinajstić information content (AvgIpc) is 3.89. The molecule has 0 bridgehead atoms. The quantitative estimate of drug-likeness (QED) is 0.167. The van der Waals surface area contributed by atoms with Crippen LogP contribution < -0.4 is 0 Å². The molecule has 0 amide bonds. The van der Waals surface area contributed by atoms with E-state index in [4.69, 9.17) is 8.83 Å². The van der Waals surface area contributed by atoms with Crippen molar-refractivity contribution in [2.45, 2.75) is 0 Å². The smallest absolute Gasteiger partial charge is 0.136 e. The first-order valence-corrected chi connectivity index (χ1v) is 20.6. The summed E-state index contributed by atoms with van der Waals surface area (Å²) in [5.74, 6) is 0. The fourth-order valence-corrected chi connectivity index (χ4v) is 10.2. The lowest BCUT2D eigenvalue weighted by atomic mass is 9.83. The van der Waals surface area contributed by atoms with Crippen molar-refractivity contribution >= 4 is 87.0 Å². The van der Waals surface area contributed by atoms with E-state index in [0.29, 0.717) is 0 Å². The monoisotopic (exact) mass is 762 g/mol. The molecule has 2 nitrogen and oxygen atoms in total. The molecule has 0 spiro atoms. The minimum Gasteiger partial charge on any atom is -0.456 e. The molecule has 0 radical (unpaired) electrons. The van der Waals surface area contributed by atoms with E-state index >= 15 is 0 Å². The summed E-state index contributed by atoms with van der Waals surface area (Å²) in [6, 6.07) is 74.5. The second-order valence-corrected chi connectivity index (χ2v) is 15.8. The molecule has 11 aromatic carbocycles. The van der Waals surface area contributed by atoms with E-state index in [9.17, 15) is 0 Å². The molecule has 13 aromatic rings. The van der Waals surface area contributed by atoms with Crippen LogP contribution in [0.25, 0.3) is 131 Å². The van der Waals surface area contributed by atoms with Gasteiger partial charge in [0.05, 0.1) is 0 Å². The average molecular weight is 763 g/mol. The number of rotatable bonds is 4. The highest BCUT2D eigenvalue weighted by molar-refractivity contribution is 6.30. The maximum atomic E-state index is 6.87. The predicted molar refractivity (Wildman–Crippen MR) is 253 cm³/mol. The molecule has 0 aliphatic heterocycles. The first-order chi connectivity index (χ1) is 29.8. The number of para-hydroxylation sites is 1. The number of furan rings is 2. The van der Waals surface area contributed by atoms with Crippen LogP contribution in [0, 0.1) is 0 Å². The molecule has 0 aliphatic carbocycles. The topological polar surface area (TPSA) is 26.3 Å². The molecular formula is C58H34O2.